The second-order valence-corrected chi connectivity index (χ2v) is 5.76. The van der Waals surface area contributed by atoms with E-state index in [1.54, 1.807) is 7.11 Å². The first-order valence-corrected chi connectivity index (χ1v) is 5.60. The third-order valence-electron chi connectivity index (χ3n) is 2.81. The van der Waals surface area contributed by atoms with Crippen molar-refractivity contribution in [3.8, 4) is 0 Å². The lowest BCUT2D eigenvalue weighted by molar-refractivity contribution is 0.0910. The van der Waals surface area contributed by atoms with E-state index in [4.69, 9.17) is 4.74 Å². The third kappa shape index (κ3) is 1.08. The van der Waals surface area contributed by atoms with Gasteiger partial charge in [-0.2, -0.15) is 0 Å². The van der Waals surface area contributed by atoms with Gasteiger partial charge in [-0.25, -0.2) is 13.1 Å². The van der Waals surface area contributed by atoms with Gasteiger partial charge in [0, 0.05) is 13.7 Å². The van der Waals surface area contributed by atoms with E-state index in [1.165, 1.54) is 0 Å². The molecule has 1 saturated heterocycles. The Labute approximate surface area is 72.3 Å². The first-order valence-electron chi connectivity index (χ1n) is 4.12. The second kappa shape index (κ2) is 2.43. The minimum atomic E-state index is -3.02. The van der Waals surface area contributed by atoms with E-state index in [1.807, 2.05) is 0 Å². The van der Waals surface area contributed by atoms with E-state index in [-0.39, 0.29) is 6.10 Å². The fraction of sp³-hybridized carbons (Fsp3) is 1.00. The van der Waals surface area contributed by atoms with E-state index in [0.717, 1.165) is 12.8 Å². The number of sulfonamides is 1. The molecule has 1 unspecified atom stereocenters. The molecule has 0 bridgehead atoms. The number of hydrogen-bond donors (Lipinski definition) is 1. The SMILES string of the molecule is COC1CNS(=O)(=O)C2(CC2)C1. The summed E-state index contributed by atoms with van der Waals surface area (Å²) in [7, 11) is -1.40. The van der Waals surface area contributed by atoms with Crippen LogP contribution in [-0.4, -0.2) is 32.9 Å². The van der Waals surface area contributed by atoms with Gasteiger partial charge in [-0.3, -0.25) is 0 Å². The minimum absolute atomic E-state index is 0.0658. The summed E-state index contributed by atoms with van der Waals surface area (Å²) in [6, 6.07) is 0. The summed E-state index contributed by atoms with van der Waals surface area (Å²) in [4.78, 5) is 0. The zero-order valence-electron chi connectivity index (χ0n) is 7.04. The summed E-state index contributed by atoms with van der Waals surface area (Å²) >= 11 is 0. The zero-order chi connectivity index (χ0) is 8.82. The van der Waals surface area contributed by atoms with Crippen LogP contribution in [0.25, 0.3) is 0 Å². The normalized spacial score (nSPS) is 36.6. The van der Waals surface area contributed by atoms with Gasteiger partial charge in [-0.1, -0.05) is 0 Å². The summed E-state index contributed by atoms with van der Waals surface area (Å²) in [6.07, 6.45) is 2.32. The molecule has 1 aliphatic heterocycles. The molecule has 1 aliphatic carbocycles. The van der Waals surface area contributed by atoms with Gasteiger partial charge in [-0.05, 0) is 19.3 Å². The number of ether oxygens (including phenoxy) is 1. The van der Waals surface area contributed by atoms with E-state index in [2.05, 4.69) is 4.72 Å². The molecule has 1 spiro atoms. The highest BCUT2D eigenvalue weighted by Gasteiger charge is 2.57. The highest BCUT2D eigenvalue weighted by atomic mass is 32.2. The first kappa shape index (κ1) is 8.47. The maximum Gasteiger partial charge on any atom is 0.217 e. The van der Waals surface area contributed by atoms with E-state index in [0.29, 0.717) is 13.0 Å². The first-order chi connectivity index (χ1) is 5.60. The smallest absolute Gasteiger partial charge is 0.217 e. The standard InChI is InChI=1S/C7H13NO3S/c1-11-6-4-7(2-3-7)12(9,10)8-5-6/h6,8H,2-5H2,1H3. The Balaban J connectivity index is 2.19. The number of nitrogens with one attached hydrogen (secondary N) is 1. The van der Waals surface area contributed by atoms with Crippen molar-refractivity contribution in [1.82, 2.24) is 4.72 Å². The molecule has 0 amide bonds. The van der Waals surface area contributed by atoms with Crippen molar-refractivity contribution in [2.75, 3.05) is 13.7 Å². The van der Waals surface area contributed by atoms with Crippen molar-refractivity contribution in [2.45, 2.75) is 30.1 Å². The number of hydrogen-bond acceptors (Lipinski definition) is 3. The summed E-state index contributed by atoms with van der Waals surface area (Å²) in [5, 5.41) is 0. The van der Waals surface area contributed by atoms with Gasteiger partial charge in [0.25, 0.3) is 0 Å². The lowest BCUT2D eigenvalue weighted by Gasteiger charge is -2.28. The van der Waals surface area contributed by atoms with Gasteiger partial charge < -0.3 is 4.74 Å². The van der Waals surface area contributed by atoms with E-state index < -0.39 is 14.8 Å². The fourth-order valence-corrected chi connectivity index (χ4v) is 3.49. The molecule has 0 aromatic carbocycles. The monoisotopic (exact) mass is 191 g/mol. The summed E-state index contributed by atoms with van der Waals surface area (Å²) in [6.45, 7) is 0.431. The maximum absolute atomic E-state index is 11.5. The molecular formula is C7H13NO3S. The van der Waals surface area contributed by atoms with Crippen LogP contribution in [0.2, 0.25) is 0 Å². The van der Waals surface area contributed by atoms with Gasteiger partial charge in [0.2, 0.25) is 10.0 Å². The Morgan fingerprint density at radius 3 is 2.67 bits per heavy atom. The molecule has 1 heterocycles. The predicted octanol–water partition coefficient (Wildman–Crippen LogP) is -0.143. The van der Waals surface area contributed by atoms with Gasteiger partial charge in [0.1, 0.15) is 0 Å². The van der Waals surface area contributed by atoms with Crippen molar-refractivity contribution in [3.63, 3.8) is 0 Å². The lowest BCUT2D eigenvalue weighted by atomic mass is 10.1. The lowest BCUT2D eigenvalue weighted by Crippen LogP contribution is -2.48. The van der Waals surface area contributed by atoms with Crippen molar-refractivity contribution in [2.24, 2.45) is 0 Å². The van der Waals surface area contributed by atoms with Gasteiger partial charge in [0.15, 0.2) is 0 Å². The van der Waals surface area contributed by atoms with Crippen LogP contribution in [0.5, 0.6) is 0 Å². The second-order valence-electron chi connectivity index (χ2n) is 3.60. The largest absolute Gasteiger partial charge is 0.380 e. The summed E-state index contributed by atoms with van der Waals surface area (Å²) in [5.41, 5.74) is 0. The molecule has 4 nitrogen and oxygen atoms in total. The van der Waals surface area contributed by atoms with Crippen LogP contribution in [-0.2, 0) is 14.8 Å². The Bertz CT molecular complexity index is 281. The predicted molar refractivity (Wildman–Crippen MR) is 44.3 cm³/mol. The van der Waals surface area contributed by atoms with Crippen molar-refractivity contribution >= 4 is 10.0 Å². The van der Waals surface area contributed by atoms with Crippen LogP contribution in [0.1, 0.15) is 19.3 Å². The zero-order valence-corrected chi connectivity index (χ0v) is 7.86. The Morgan fingerprint density at radius 1 is 1.50 bits per heavy atom. The van der Waals surface area contributed by atoms with Crippen LogP contribution >= 0.6 is 0 Å². The van der Waals surface area contributed by atoms with Gasteiger partial charge in [-0.15, -0.1) is 0 Å². The molecular weight excluding hydrogens is 178 g/mol. The average Bonchev–Trinajstić information content (AvgIpc) is 2.77. The van der Waals surface area contributed by atoms with Crippen molar-refractivity contribution in [1.29, 1.82) is 0 Å². The fourth-order valence-electron chi connectivity index (χ4n) is 1.73. The maximum atomic E-state index is 11.5. The average molecular weight is 191 g/mol. The number of methoxy groups -OCH3 is 1. The van der Waals surface area contributed by atoms with E-state index >= 15 is 0 Å². The molecule has 2 rings (SSSR count). The van der Waals surface area contributed by atoms with Gasteiger partial charge in [0.05, 0.1) is 10.9 Å². The van der Waals surface area contributed by atoms with Gasteiger partial charge >= 0.3 is 0 Å². The van der Waals surface area contributed by atoms with E-state index in [9.17, 15) is 8.42 Å². The molecule has 2 aliphatic rings. The molecule has 1 atom stereocenters. The molecule has 0 radical (unpaired) electrons. The molecule has 0 aromatic heterocycles. The highest BCUT2D eigenvalue weighted by Crippen LogP contribution is 2.48. The molecule has 2 fully saturated rings. The molecule has 0 aromatic rings. The van der Waals surface area contributed by atoms with Crippen LogP contribution in [0, 0.1) is 0 Å². The van der Waals surface area contributed by atoms with Crippen LogP contribution in [0.3, 0.4) is 0 Å². The molecule has 12 heavy (non-hydrogen) atoms. The Morgan fingerprint density at radius 2 is 2.17 bits per heavy atom. The van der Waals surface area contributed by atoms with Crippen molar-refractivity contribution in [3.05, 3.63) is 0 Å². The quantitative estimate of drug-likeness (QED) is 0.627. The Kier molecular flexibility index (Phi) is 1.72. The van der Waals surface area contributed by atoms with Crippen LogP contribution < -0.4 is 4.72 Å². The molecule has 5 heteroatoms. The summed E-state index contributed by atoms with van der Waals surface area (Å²) < 4.78 is 30.1. The topological polar surface area (TPSA) is 55.4 Å². The third-order valence-corrected chi connectivity index (χ3v) is 5.07. The van der Waals surface area contributed by atoms with Crippen LogP contribution in [0.15, 0.2) is 0 Å². The summed E-state index contributed by atoms with van der Waals surface area (Å²) in [5.74, 6) is 0. The highest BCUT2D eigenvalue weighted by molar-refractivity contribution is 7.91. The molecule has 1 N–H and O–H groups in total. The van der Waals surface area contributed by atoms with Crippen LogP contribution in [0.4, 0.5) is 0 Å². The molecule has 1 saturated carbocycles. The molecule has 70 valence electrons. The minimum Gasteiger partial charge on any atom is -0.380 e. The number of rotatable bonds is 1. The Hall–Kier alpha value is -0.130. The van der Waals surface area contributed by atoms with Crippen molar-refractivity contribution < 1.29 is 13.2 Å².